The minimum Gasteiger partial charge on any atom is -0.340 e. The zero-order valence-corrected chi connectivity index (χ0v) is 12.6. The van der Waals surface area contributed by atoms with Crippen LogP contribution in [0.25, 0.3) is 0 Å². The molecule has 3 fully saturated rings. The molecule has 0 unspecified atom stereocenters. The van der Waals surface area contributed by atoms with Crippen LogP contribution < -0.4 is 5.32 Å². The van der Waals surface area contributed by atoms with Gasteiger partial charge in [-0.3, -0.25) is 9.69 Å². The van der Waals surface area contributed by atoms with Gasteiger partial charge in [0, 0.05) is 44.2 Å². The molecule has 1 saturated carbocycles. The molecular weight excluding hydrogens is 262 g/mol. The molecule has 0 spiro atoms. The minimum absolute atomic E-state index is 0. The van der Waals surface area contributed by atoms with E-state index in [2.05, 4.69) is 22.0 Å². The van der Waals surface area contributed by atoms with E-state index in [0.29, 0.717) is 11.9 Å². The monoisotopic (exact) mass is 287 g/mol. The number of piperidine rings is 1. The number of halogens is 1. The molecule has 2 aliphatic heterocycles. The van der Waals surface area contributed by atoms with Crippen molar-refractivity contribution in [2.24, 2.45) is 5.92 Å². The second kappa shape index (κ2) is 6.42. The number of nitrogens with one attached hydrogen (secondary N) is 1. The van der Waals surface area contributed by atoms with E-state index in [4.69, 9.17) is 0 Å². The van der Waals surface area contributed by atoms with Gasteiger partial charge in [-0.25, -0.2) is 0 Å². The maximum atomic E-state index is 12.5. The van der Waals surface area contributed by atoms with Crippen LogP contribution in [-0.4, -0.2) is 60.5 Å². The molecule has 2 saturated heterocycles. The first-order valence-electron chi connectivity index (χ1n) is 7.50. The Morgan fingerprint density at radius 3 is 2.37 bits per heavy atom. The Morgan fingerprint density at radius 1 is 1.11 bits per heavy atom. The fraction of sp³-hybridized carbons (Fsp3) is 0.929. The Bertz CT molecular complexity index is 314. The van der Waals surface area contributed by atoms with Crippen molar-refractivity contribution in [1.29, 1.82) is 0 Å². The molecule has 1 N–H and O–H groups in total. The predicted molar refractivity (Wildman–Crippen MR) is 78.6 cm³/mol. The molecule has 3 aliphatic rings. The largest absolute Gasteiger partial charge is 0.340 e. The summed E-state index contributed by atoms with van der Waals surface area (Å²) in [6.45, 7) is 7.28. The van der Waals surface area contributed by atoms with Crippen molar-refractivity contribution in [3.8, 4) is 0 Å². The summed E-state index contributed by atoms with van der Waals surface area (Å²) in [5.74, 6) is 0.688. The Morgan fingerprint density at radius 2 is 1.79 bits per heavy atom. The van der Waals surface area contributed by atoms with E-state index in [9.17, 15) is 4.79 Å². The van der Waals surface area contributed by atoms with Crippen LogP contribution in [0.5, 0.6) is 0 Å². The number of amides is 1. The molecule has 0 aromatic heterocycles. The van der Waals surface area contributed by atoms with Gasteiger partial charge in [0.1, 0.15) is 0 Å². The van der Waals surface area contributed by atoms with Crippen molar-refractivity contribution in [2.75, 3.05) is 32.7 Å². The van der Waals surface area contributed by atoms with Gasteiger partial charge in [0.05, 0.1) is 0 Å². The van der Waals surface area contributed by atoms with Crippen LogP contribution in [0.3, 0.4) is 0 Å². The summed E-state index contributed by atoms with van der Waals surface area (Å²) in [4.78, 5) is 17.1. The lowest BCUT2D eigenvalue weighted by atomic mass is 9.92. The summed E-state index contributed by atoms with van der Waals surface area (Å²) in [6.07, 6.45) is 4.78. The van der Waals surface area contributed by atoms with Crippen molar-refractivity contribution < 1.29 is 4.79 Å². The SMILES string of the molecule is C[C@H]1C[C@@H](C(=O)N2CCN(C3CC3)CC2)CCN1.Cl. The van der Waals surface area contributed by atoms with Crippen LogP contribution in [-0.2, 0) is 4.79 Å². The first-order chi connectivity index (χ1) is 8.74. The number of hydrogen-bond donors (Lipinski definition) is 1. The van der Waals surface area contributed by atoms with Crippen LogP contribution in [0.2, 0.25) is 0 Å². The zero-order valence-electron chi connectivity index (χ0n) is 11.8. The number of piperazine rings is 1. The average Bonchev–Trinajstić information content (AvgIpc) is 3.22. The Labute approximate surface area is 122 Å². The molecular formula is C14H26ClN3O. The number of hydrogen-bond acceptors (Lipinski definition) is 3. The summed E-state index contributed by atoms with van der Waals surface area (Å²) >= 11 is 0. The molecule has 0 bridgehead atoms. The van der Waals surface area contributed by atoms with E-state index in [1.165, 1.54) is 12.8 Å². The lowest BCUT2D eigenvalue weighted by Crippen LogP contribution is -2.52. The molecule has 0 radical (unpaired) electrons. The van der Waals surface area contributed by atoms with Crippen LogP contribution >= 0.6 is 12.4 Å². The molecule has 0 aromatic rings. The van der Waals surface area contributed by atoms with Gasteiger partial charge in [-0.2, -0.15) is 0 Å². The maximum absolute atomic E-state index is 12.5. The topological polar surface area (TPSA) is 35.6 Å². The van der Waals surface area contributed by atoms with Crippen molar-refractivity contribution in [1.82, 2.24) is 15.1 Å². The van der Waals surface area contributed by atoms with E-state index in [1.54, 1.807) is 0 Å². The molecule has 3 rings (SSSR count). The van der Waals surface area contributed by atoms with Crippen molar-refractivity contribution >= 4 is 18.3 Å². The minimum atomic E-state index is 0. The van der Waals surface area contributed by atoms with Gasteiger partial charge in [-0.05, 0) is 39.2 Å². The van der Waals surface area contributed by atoms with Crippen molar-refractivity contribution in [2.45, 2.75) is 44.7 Å². The van der Waals surface area contributed by atoms with Crippen LogP contribution in [0.1, 0.15) is 32.6 Å². The molecule has 4 nitrogen and oxygen atoms in total. The third-order valence-electron chi connectivity index (χ3n) is 4.66. The third-order valence-corrected chi connectivity index (χ3v) is 4.66. The number of rotatable bonds is 2. The fourth-order valence-corrected chi connectivity index (χ4v) is 3.36. The summed E-state index contributed by atoms with van der Waals surface area (Å²) in [6, 6.07) is 1.35. The van der Waals surface area contributed by atoms with E-state index < -0.39 is 0 Å². The standard InChI is InChI=1S/C14H25N3O.ClH/c1-11-10-12(4-5-15-11)14(18)17-8-6-16(7-9-17)13-2-3-13;/h11-13,15H,2-10H2,1H3;1H/t11-,12-;/m0./s1. The van der Waals surface area contributed by atoms with Gasteiger partial charge < -0.3 is 10.2 Å². The van der Waals surface area contributed by atoms with Gasteiger partial charge in [-0.1, -0.05) is 0 Å². The molecule has 110 valence electrons. The summed E-state index contributed by atoms with van der Waals surface area (Å²) in [7, 11) is 0. The number of carbonyl (C=O) groups is 1. The highest BCUT2D eigenvalue weighted by Gasteiger charge is 2.34. The second-order valence-corrected chi connectivity index (χ2v) is 6.17. The van der Waals surface area contributed by atoms with Crippen LogP contribution in [0.15, 0.2) is 0 Å². The fourth-order valence-electron chi connectivity index (χ4n) is 3.36. The molecule has 1 aliphatic carbocycles. The Hall–Kier alpha value is -0.320. The third kappa shape index (κ3) is 3.61. The smallest absolute Gasteiger partial charge is 0.225 e. The number of nitrogens with zero attached hydrogens (tertiary/aromatic N) is 2. The quantitative estimate of drug-likeness (QED) is 0.826. The van der Waals surface area contributed by atoms with Crippen molar-refractivity contribution in [3.05, 3.63) is 0 Å². The van der Waals surface area contributed by atoms with Gasteiger partial charge in [0.2, 0.25) is 5.91 Å². The zero-order chi connectivity index (χ0) is 12.5. The van der Waals surface area contributed by atoms with Crippen molar-refractivity contribution in [3.63, 3.8) is 0 Å². The molecule has 1 amide bonds. The normalized spacial score (nSPS) is 32.8. The molecule has 19 heavy (non-hydrogen) atoms. The molecule has 2 atom stereocenters. The first kappa shape index (κ1) is 15.1. The second-order valence-electron chi connectivity index (χ2n) is 6.17. The predicted octanol–water partition coefficient (Wildman–Crippen LogP) is 1.10. The maximum Gasteiger partial charge on any atom is 0.225 e. The Balaban J connectivity index is 0.00000133. The van der Waals surface area contributed by atoms with Crippen LogP contribution in [0, 0.1) is 5.92 Å². The van der Waals surface area contributed by atoms with Gasteiger partial charge >= 0.3 is 0 Å². The highest BCUT2D eigenvalue weighted by Crippen LogP contribution is 2.28. The number of carbonyl (C=O) groups excluding carboxylic acids is 1. The van der Waals surface area contributed by atoms with Gasteiger partial charge in [-0.15, -0.1) is 12.4 Å². The van der Waals surface area contributed by atoms with E-state index >= 15 is 0 Å². The highest BCUT2D eigenvalue weighted by atomic mass is 35.5. The van der Waals surface area contributed by atoms with Gasteiger partial charge in [0.15, 0.2) is 0 Å². The Kier molecular flexibility index (Phi) is 5.09. The van der Waals surface area contributed by atoms with Gasteiger partial charge in [0.25, 0.3) is 0 Å². The van der Waals surface area contributed by atoms with E-state index in [-0.39, 0.29) is 18.3 Å². The first-order valence-corrected chi connectivity index (χ1v) is 7.50. The molecule has 5 heteroatoms. The molecule has 0 aromatic carbocycles. The van der Waals surface area contributed by atoms with E-state index in [1.807, 2.05) is 0 Å². The average molecular weight is 288 g/mol. The summed E-state index contributed by atoms with van der Waals surface area (Å²) in [5.41, 5.74) is 0. The lowest BCUT2D eigenvalue weighted by Gasteiger charge is -2.38. The lowest BCUT2D eigenvalue weighted by molar-refractivity contribution is -0.138. The summed E-state index contributed by atoms with van der Waals surface area (Å²) in [5, 5.41) is 3.42. The van der Waals surface area contributed by atoms with Crippen LogP contribution in [0.4, 0.5) is 0 Å². The highest BCUT2D eigenvalue weighted by molar-refractivity contribution is 5.85. The van der Waals surface area contributed by atoms with E-state index in [0.717, 1.165) is 51.6 Å². The summed E-state index contributed by atoms with van der Waals surface area (Å²) < 4.78 is 0. The molecule has 2 heterocycles.